The van der Waals surface area contributed by atoms with E-state index in [4.69, 9.17) is 0 Å². The van der Waals surface area contributed by atoms with Crippen LogP contribution in [0.3, 0.4) is 0 Å². The highest BCUT2D eigenvalue weighted by molar-refractivity contribution is 5.31. The summed E-state index contributed by atoms with van der Waals surface area (Å²) in [6.07, 6.45) is -22.7. The van der Waals surface area contributed by atoms with E-state index < -0.39 is 107 Å². The second-order valence-electron chi connectivity index (χ2n) is 11.4. The average molecular weight is 846 g/mol. The predicted octanol–water partition coefficient (Wildman–Crippen LogP) is 12.8. The quantitative estimate of drug-likeness (QED) is 0.157. The average Bonchev–Trinajstić information content (AvgIpc) is 3.01. The second-order valence-corrected chi connectivity index (χ2v) is 11.4. The Morgan fingerprint density at radius 1 is 0.278 bits per heavy atom. The van der Waals surface area contributed by atoms with Crippen LogP contribution in [0.15, 0.2) is 60.7 Å². The fraction of sp³-hybridized carbons (Fsp3) is 0.571. The van der Waals surface area contributed by atoms with Crippen LogP contribution < -0.4 is 0 Å². The summed E-state index contributed by atoms with van der Waals surface area (Å²) in [4.78, 5) is 0. The summed E-state index contributed by atoms with van der Waals surface area (Å²) in [7, 11) is 0. The molecule has 26 heteroatoms. The molecule has 54 heavy (non-hydrogen) atoms. The summed E-state index contributed by atoms with van der Waals surface area (Å²) < 4.78 is 360. The number of benzene rings is 2. The van der Waals surface area contributed by atoms with Crippen molar-refractivity contribution in [2.45, 2.75) is 96.3 Å². The molecule has 2 atom stereocenters. The standard InChI is InChI=1S/C28H16F26/c29-17(30,19(33,34)21(37,38)23(41,42)25(45,46)27(49,50)51)11-15(13-7-3-1-4-8-13)16(14-9-5-2-6-10-14)12-18(31,32)20(35,36)22(39,40)24(43,44)26(47,48)28(52,53)54/h1-10,15-16H,11-12H2/t15-,16-/m1/s1. The van der Waals surface area contributed by atoms with Crippen molar-refractivity contribution in [1.82, 2.24) is 0 Å². The Balaban J connectivity index is 2.89. The minimum Gasteiger partial charge on any atom is -0.200 e. The molecule has 0 aliphatic heterocycles. The van der Waals surface area contributed by atoms with Crippen LogP contribution in [0.2, 0.25) is 0 Å². The molecule has 0 radical (unpaired) electrons. The highest BCUT2D eigenvalue weighted by Gasteiger charge is 2.92. The van der Waals surface area contributed by atoms with Gasteiger partial charge in [0.2, 0.25) is 0 Å². The lowest BCUT2D eigenvalue weighted by molar-refractivity contribution is -0.441. The Morgan fingerprint density at radius 3 is 0.685 bits per heavy atom. The highest BCUT2D eigenvalue weighted by atomic mass is 19.4. The first kappa shape index (κ1) is 46.8. The third-order valence-electron chi connectivity index (χ3n) is 7.89. The molecule has 0 aliphatic carbocycles. The number of rotatable bonds is 15. The number of hydrogen-bond donors (Lipinski definition) is 0. The van der Waals surface area contributed by atoms with Crippen molar-refractivity contribution < 1.29 is 114 Å². The minimum atomic E-state index is -8.48. The molecule has 0 aliphatic rings. The Bertz CT molecular complexity index is 1440. The molecule has 2 aromatic carbocycles. The molecule has 0 saturated heterocycles. The summed E-state index contributed by atoms with van der Waals surface area (Å²) in [6.45, 7) is 0. The number of halogens is 26. The first-order valence-corrected chi connectivity index (χ1v) is 13.7. The van der Waals surface area contributed by atoms with E-state index >= 15 is 17.6 Å². The molecule has 0 aromatic heterocycles. The maximum Gasteiger partial charge on any atom is 0.460 e. The van der Waals surface area contributed by atoms with Crippen molar-refractivity contribution in [1.29, 1.82) is 0 Å². The van der Waals surface area contributed by atoms with E-state index in [0.717, 1.165) is 12.1 Å². The molecule has 0 fully saturated rings. The van der Waals surface area contributed by atoms with Crippen LogP contribution >= 0.6 is 0 Å². The lowest BCUT2D eigenvalue weighted by atomic mass is 9.73. The van der Waals surface area contributed by atoms with Crippen LogP contribution in [0.25, 0.3) is 0 Å². The summed E-state index contributed by atoms with van der Waals surface area (Å²) in [5, 5.41) is 0. The first-order chi connectivity index (χ1) is 23.7. The Hall–Kier alpha value is -3.38. The lowest BCUT2D eigenvalue weighted by Gasteiger charge is -2.42. The van der Waals surface area contributed by atoms with Gasteiger partial charge in [0.05, 0.1) is 0 Å². The molecular formula is C28H16F26. The molecule has 0 unspecified atom stereocenters. The van der Waals surface area contributed by atoms with Crippen molar-refractivity contribution in [3.63, 3.8) is 0 Å². The Morgan fingerprint density at radius 2 is 0.481 bits per heavy atom. The van der Waals surface area contributed by atoms with Gasteiger partial charge in [-0.2, -0.15) is 114 Å². The van der Waals surface area contributed by atoms with Crippen molar-refractivity contribution in [3.05, 3.63) is 71.8 Å². The normalized spacial score (nSPS) is 16.7. The Kier molecular flexibility index (Phi) is 11.8. The highest BCUT2D eigenvalue weighted by Crippen LogP contribution is 2.64. The number of alkyl halides is 26. The van der Waals surface area contributed by atoms with Gasteiger partial charge in [0.15, 0.2) is 0 Å². The first-order valence-electron chi connectivity index (χ1n) is 13.7. The summed E-state index contributed by atoms with van der Waals surface area (Å²) in [5.74, 6) is -87.8. The van der Waals surface area contributed by atoms with Gasteiger partial charge in [0.25, 0.3) is 0 Å². The van der Waals surface area contributed by atoms with E-state index in [2.05, 4.69) is 0 Å². The maximum atomic E-state index is 15.1. The van der Waals surface area contributed by atoms with E-state index in [9.17, 15) is 96.6 Å². The molecule has 0 amide bonds. The van der Waals surface area contributed by atoms with Crippen LogP contribution in [-0.4, -0.2) is 71.6 Å². The van der Waals surface area contributed by atoms with E-state index in [1.165, 1.54) is 0 Å². The van der Waals surface area contributed by atoms with Gasteiger partial charge in [-0.25, -0.2) is 0 Å². The van der Waals surface area contributed by atoms with Crippen LogP contribution in [0.1, 0.15) is 35.8 Å². The second kappa shape index (κ2) is 13.7. The van der Waals surface area contributed by atoms with Gasteiger partial charge in [-0.05, 0) is 23.0 Å². The summed E-state index contributed by atoms with van der Waals surface area (Å²) in [5.41, 5.74) is -2.56. The predicted molar refractivity (Wildman–Crippen MR) is 129 cm³/mol. The zero-order valence-electron chi connectivity index (χ0n) is 25.2. The monoisotopic (exact) mass is 846 g/mol. The van der Waals surface area contributed by atoms with E-state index in [0.29, 0.717) is 48.5 Å². The molecule has 0 bridgehead atoms. The minimum absolute atomic E-state index is 0.322. The fourth-order valence-electron chi connectivity index (χ4n) is 4.80. The van der Waals surface area contributed by atoms with Gasteiger partial charge in [-0.3, -0.25) is 0 Å². The molecule has 0 N–H and O–H groups in total. The lowest BCUT2D eigenvalue weighted by Crippen LogP contribution is -2.70. The molecule has 0 nitrogen and oxygen atoms in total. The molecule has 0 heterocycles. The van der Waals surface area contributed by atoms with E-state index in [1.54, 1.807) is 0 Å². The topological polar surface area (TPSA) is 0 Å². The van der Waals surface area contributed by atoms with Gasteiger partial charge >= 0.3 is 71.6 Å². The van der Waals surface area contributed by atoms with Crippen LogP contribution in [0.4, 0.5) is 114 Å². The van der Waals surface area contributed by atoms with Gasteiger partial charge < -0.3 is 0 Å². The molecule has 2 rings (SSSR count). The van der Waals surface area contributed by atoms with Crippen molar-refractivity contribution in [2.75, 3.05) is 0 Å². The van der Waals surface area contributed by atoms with E-state index in [-0.39, 0.29) is 0 Å². The van der Waals surface area contributed by atoms with Crippen molar-refractivity contribution >= 4 is 0 Å². The fourth-order valence-corrected chi connectivity index (χ4v) is 4.80. The maximum absolute atomic E-state index is 15.1. The molecular weight excluding hydrogens is 830 g/mol. The molecule has 2 aromatic rings. The van der Waals surface area contributed by atoms with Gasteiger partial charge in [-0.15, -0.1) is 0 Å². The smallest absolute Gasteiger partial charge is 0.200 e. The summed E-state index contributed by atoms with van der Waals surface area (Å²) >= 11 is 0. The largest absolute Gasteiger partial charge is 0.460 e. The molecule has 0 spiro atoms. The van der Waals surface area contributed by atoms with Crippen LogP contribution in [0, 0.1) is 0 Å². The third kappa shape index (κ3) is 7.10. The third-order valence-corrected chi connectivity index (χ3v) is 7.89. The van der Waals surface area contributed by atoms with Crippen LogP contribution in [-0.2, 0) is 0 Å². The SMILES string of the molecule is FC(F)(F)C(F)(F)C(F)(F)C(F)(F)C(F)(F)C(F)(F)C[C@H](c1ccccc1)[C@H](CC(F)(F)C(F)(F)C(F)(F)C(F)(F)C(F)(F)C(F)(F)F)c1ccccc1. The van der Waals surface area contributed by atoms with E-state index in [1.807, 2.05) is 0 Å². The zero-order chi connectivity index (χ0) is 42.8. The molecule has 0 saturated carbocycles. The van der Waals surface area contributed by atoms with Gasteiger partial charge in [0, 0.05) is 12.8 Å². The summed E-state index contributed by atoms with van der Waals surface area (Å²) in [6, 6.07) is 5.38. The van der Waals surface area contributed by atoms with Crippen molar-refractivity contribution in [2.24, 2.45) is 0 Å². The van der Waals surface area contributed by atoms with Gasteiger partial charge in [-0.1, -0.05) is 60.7 Å². The Labute approximate surface area is 283 Å². The van der Waals surface area contributed by atoms with Gasteiger partial charge in [0.1, 0.15) is 0 Å². The number of hydrogen-bond acceptors (Lipinski definition) is 0. The molecule has 310 valence electrons. The zero-order valence-corrected chi connectivity index (χ0v) is 25.2. The van der Waals surface area contributed by atoms with Crippen molar-refractivity contribution in [3.8, 4) is 0 Å². The van der Waals surface area contributed by atoms with Crippen LogP contribution in [0.5, 0.6) is 0 Å².